The van der Waals surface area contributed by atoms with Crippen molar-refractivity contribution in [3.05, 3.63) is 17.5 Å². The largest absolute Gasteiger partial charge is 0.381 e. The Hall–Kier alpha value is -0.910. The van der Waals surface area contributed by atoms with E-state index in [2.05, 4.69) is 49.0 Å². The number of rotatable bonds is 3. The monoisotopic (exact) mass is 321 g/mol. The van der Waals surface area contributed by atoms with Gasteiger partial charge in [0.15, 0.2) is 0 Å². The fourth-order valence-corrected chi connectivity index (χ4v) is 3.69. The average Bonchev–Trinajstić information content (AvgIpc) is 2.97. The number of ether oxygens (including phenoxy) is 2. The molecule has 3 rings (SSSR count). The molecule has 2 aliphatic rings. The highest BCUT2D eigenvalue weighted by Gasteiger charge is 2.40. The Morgan fingerprint density at radius 1 is 1.30 bits per heavy atom. The van der Waals surface area contributed by atoms with Gasteiger partial charge in [0.05, 0.1) is 11.3 Å². The van der Waals surface area contributed by atoms with Crippen LogP contribution < -0.4 is 0 Å². The number of aromatic nitrogens is 2. The van der Waals surface area contributed by atoms with Gasteiger partial charge in [-0.3, -0.25) is 10.00 Å². The maximum absolute atomic E-state index is 6.16. The Morgan fingerprint density at radius 2 is 2.04 bits per heavy atom. The van der Waals surface area contributed by atoms with E-state index in [1.54, 1.807) is 0 Å². The predicted octanol–water partition coefficient (Wildman–Crippen LogP) is 2.87. The minimum absolute atomic E-state index is 0.0555. The van der Waals surface area contributed by atoms with E-state index in [0.717, 1.165) is 57.7 Å². The molecule has 0 aliphatic carbocycles. The summed E-state index contributed by atoms with van der Waals surface area (Å²) in [5, 5.41) is 7.69. The normalized spacial score (nSPS) is 25.2. The minimum Gasteiger partial charge on any atom is -0.381 e. The second-order valence-corrected chi connectivity index (χ2v) is 8.23. The van der Waals surface area contributed by atoms with E-state index in [0.29, 0.717) is 6.04 Å². The Bertz CT molecular complexity index is 509. The number of nitrogens with zero attached hydrogens (tertiary/aromatic N) is 2. The Labute approximate surface area is 139 Å². The molecule has 0 saturated carbocycles. The van der Waals surface area contributed by atoms with Gasteiger partial charge in [0.1, 0.15) is 0 Å². The molecule has 1 N–H and O–H groups in total. The molecule has 0 bridgehead atoms. The van der Waals surface area contributed by atoms with Crippen LogP contribution in [-0.2, 0) is 21.4 Å². The highest BCUT2D eigenvalue weighted by Crippen LogP contribution is 2.36. The van der Waals surface area contributed by atoms with E-state index in [1.807, 2.05) is 0 Å². The van der Waals surface area contributed by atoms with Crippen LogP contribution in [0.4, 0.5) is 0 Å². The standard InChI is InChI=1S/C18H31N3O2/c1-17(2,3)16-11-14(19-20-16)13-21(4)15-5-8-23-18(12-15)6-9-22-10-7-18/h11,15H,5-10,12-13H2,1-4H3,(H,19,20)/t15-/m1/s1. The predicted molar refractivity (Wildman–Crippen MR) is 90.5 cm³/mol. The van der Waals surface area contributed by atoms with Gasteiger partial charge in [0, 0.05) is 43.5 Å². The molecule has 23 heavy (non-hydrogen) atoms. The summed E-state index contributed by atoms with van der Waals surface area (Å²) in [6.45, 7) is 10.1. The van der Waals surface area contributed by atoms with Crippen molar-refractivity contribution < 1.29 is 9.47 Å². The van der Waals surface area contributed by atoms with Gasteiger partial charge in [0.2, 0.25) is 0 Å². The lowest BCUT2D eigenvalue weighted by atomic mass is 9.83. The zero-order valence-electron chi connectivity index (χ0n) is 15.0. The first-order valence-electron chi connectivity index (χ1n) is 8.85. The van der Waals surface area contributed by atoms with Crippen LogP contribution in [0.2, 0.25) is 0 Å². The van der Waals surface area contributed by atoms with Crippen molar-refractivity contribution in [3.8, 4) is 0 Å². The van der Waals surface area contributed by atoms with Crippen molar-refractivity contribution in [2.45, 2.75) is 70.1 Å². The summed E-state index contributed by atoms with van der Waals surface area (Å²) in [7, 11) is 2.22. The molecule has 1 spiro atoms. The second-order valence-electron chi connectivity index (χ2n) is 8.23. The zero-order valence-corrected chi connectivity index (χ0v) is 15.0. The minimum atomic E-state index is 0.0555. The molecule has 130 valence electrons. The van der Waals surface area contributed by atoms with Crippen LogP contribution in [0.25, 0.3) is 0 Å². The SMILES string of the molecule is CN(Cc1cc(C(C)(C)C)n[nH]1)[C@@H]1CCOC2(CCOCC2)C1. The Kier molecular flexibility index (Phi) is 4.81. The summed E-state index contributed by atoms with van der Waals surface area (Å²) in [5.74, 6) is 0. The lowest BCUT2D eigenvalue weighted by Crippen LogP contribution is -2.50. The molecular formula is C18H31N3O2. The molecule has 0 amide bonds. The number of nitrogens with one attached hydrogen (secondary N) is 1. The van der Waals surface area contributed by atoms with Gasteiger partial charge in [0.25, 0.3) is 0 Å². The maximum Gasteiger partial charge on any atom is 0.0741 e. The molecule has 1 aromatic rings. The summed E-state index contributed by atoms with van der Waals surface area (Å²) in [6, 6.07) is 2.78. The zero-order chi connectivity index (χ0) is 16.5. The molecule has 2 aliphatic heterocycles. The summed E-state index contributed by atoms with van der Waals surface area (Å²) in [5.41, 5.74) is 2.48. The van der Waals surface area contributed by atoms with Crippen molar-refractivity contribution in [3.63, 3.8) is 0 Å². The molecule has 1 aromatic heterocycles. The van der Waals surface area contributed by atoms with E-state index >= 15 is 0 Å². The highest BCUT2D eigenvalue weighted by atomic mass is 16.5. The fourth-order valence-electron chi connectivity index (χ4n) is 3.69. The number of aromatic amines is 1. The van der Waals surface area contributed by atoms with Crippen LogP contribution in [0, 0.1) is 0 Å². The average molecular weight is 321 g/mol. The first-order valence-corrected chi connectivity index (χ1v) is 8.85. The molecule has 0 aromatic carbocycles. The van der Waals surface area contributed by atoms with Gasteiger partial charge < -0.3 is 9.47 Å². The lowest BCUT2D eigenvalue weighted by Gasteiger charge is -2.45. The van der Waals surface area contributed by atoms with E-state index in [1.165, 1.54) is 5.69 Å². The third-order valence-electron chi connectivity index (χ3n) is 5.31. The van der Waals surface area contributed by atoms with Crippen molar-refractivity contribution >= 4 is 0 Å². The van der Waals surface area contributed by atoms with E-state index < -0.39 is 0 Å². The Morgan fingerprint density at radius 3 is 2.70 bits per heavy atom. The van der Waals surface area contributed by atoms with Crippen molar-refractivity contribution in [1.82, 2.24) is 15.1 Å². The van der Waals surface area contributed by atoms with Crippen LogP contribution in [0.1, 0.15) is 57.8 Å². The quantitative estimate of drug-likeness (QED) is 0.930. The van der Waals surface area contributed by atoms with Gasteiger partial charge in [-0.15, -0.1) is 0 Å². The molecule has 3 heterocycles. The first kappa shape index (κ1) is 16.9. The van der Waals surface area contributed by atoms with E-state index in [9.17, 15) is 0 Å². The number of hydrogen-bond acceptors (Lipinski definition) is 4. The topological polar surface area (TPSA) is 50.4 Å². The molecule has 2 fully saturated rings. The van der Waals surface area contributed by atoms with Crippen LogP contribution in [0.15, 0.2) is 6.07 Å². The Balaban J connectivity index is 1.61. The second kappa shape index (κ2) is 6.54. The highest BCUT2D eigenvalue weighted by molar-refractivity contribution is 5.16. The van der Waals surface area contributed by atoms with E-state index in [-0.39, 0.29) is 11.0 Å². The van der Waals surface area contributed by atoms with Crippen molar-refractivity contribution in [2.75, 3.05) is 26.9 Å². The summed E-state index contributed by atoms with van der Waals surface area (Å²) in [4.78, 5) is 2.46. The summed E-state index contributed by atoms with van der Waals surface area (Å²) < 4.78 is 11.7. The van der Waals surface area contributed by atoms with Gasteiger partial charge >= 0.3 is 0 Å². The number of H-pyrrole nitrogens is 1. The fraction of sp³-hybridized carbons (Fsp3) is 0.833. The molecule has 5 heteroatoms. The van der Waals surface area contributed by atoms with Gasteiger partial charge in [-0.2, -0.15) is 5.10 Å². The molecule has 0 unspecified atom stereocenters. The van der Waals surface area contributed by atoms with Crippen LogP contribution >= 0.6 is 0 Å². The van der Waals surface area contributed by atoms with E-state index in [4.69, 9.17) is 9.47 Å². The maximum atomic E-state index is 6.16. The summed E-state index contributed by atoms with van der Waals surface area (Å²) in [6.07, 6.45) is 4.30. The smallest absolute Gasteiger partial charge is 0.0741 e. The summed E-state index contributed by atoms with van der Waals surface area (Å²) >= 11 is 0. The molecule has 0 radical (unpaired) electrons. The third kappa shape index (κ3) is 3.95. The van der Waals surface area contributed by atoms with Crippen molar-refractivity contribution in [2.24, 2.45) is 0 Å². The lowest BCUT2D eigenvalue weighted by molar-refractivity contribution is -0.150. The molecule has 1 atom stereocenters. The number of hydrogen-bond donors (Lipinski definition) is 1. The van der Waals surface area contributed by atoms with Gasteiger partial charge in [-0.1, -0.05) is 20.8 Å². The van der Waals surface area contributed by atoms with Crippen LogP contribution in [-0.4, -0.2) is 53.6 Å². The van der Waals surface area contributed by atoms with Crippen LogP contribution in [0.5, 0.6) is 0 Å². The third-order valence-corrected chi connectivity index (χ3v) is 5.31. The van der Waals surface area contributed by atoms with Crippen LogP contribution in [0.3, 0.4) is 0 Å². The first-order chi connectivity index (χ1) is 10.9. The van der Waals surface area contributed by atoms with Gasteiger partial charge in [-0.25, -0.2) is 0 Å². The molecule has 5 nitrogen and oxygen atoms in total. The van der Waals surface area contributed by atoms with Crippen molar-refractivity contribution in [1.29, 1.82) is 0 Å². The molecular weight excluding hydrogens is 290 g/mol. The molecule has 2 saturated heterocycles. The van der Waals surface area contributed by atoms with Gasteiger partial charge in [-0.05, 0) is 38.8 Å².